The Morgan fingerprint density at radius 2 is 1.74 bits per heavy atom. The molecule has 1 atom stereocenters. The molecule has 3 rings (SSSR count). The van der Waals surface area contributed by atoms with E-state index in [2.05, 4.69) is 23.8 Å². The van der Waals surface area contributed by atoms with Gasteiger partial charge in [-0.2, -0.15) is 5.10 Å². The highest BCUT2D eigenvalue weighted by Crippen LogP contribution is 2.34. The van der Waals surface area contributed by atoms with E-state index in [9.17, 15) is 4.79 Å². The Kier molecular flexibility index (Phi) is 5.76. The van der Waals surface area contributed by atoms with Crippen LogP contribution in [0, 0.1) is 0 Å². The molecular weight excluding hydrogens is 342 g/mol. The van der Waals surface area contributed by atoms with Crippen LogP contribution in [0.3, 0.4) is 0 Å². The van der Waals surface area contributed by atoms with Crippen LogP contribution in [0.5, 0.6) is 11.5 Å². The average molecular weight is 367 g/mol. The third-order valence-electron chi connectivity index (χ3n) is 4.60. The fraction of sp³-hybridized carbons (Fsp3) is 0.333. The Balaban J connectivity index is 1.95. The van der Waals surface area contributed by atoms with Gasteiger partial charge in [0.05, 0.1) is 27.0 Å². The van der Waals surface area contributed by atoms with E-state index in [-0.39, 0.29) is 18.1 Å². The molecule has 1 heterocycles. The van der Waals surface area contributed by atoms with Crippen LogP contribution in [0.25, 0.3) is 0 Å². The molecule has 0 spiro atoms. The summed E-state index contributed by atoms with van der Waals surface area (Å²) >= 11 is 0. The molecule has 1 amide bonds. The summed E-state index contributed by atoms with van der Waals surface area (Å²) in [5.74, 6) is 1.47. The summed E-state index contributed by atoms with van der Waals surface area (Å²) in [5.41, 5.74) is 1.84. The maximum Gasteiger partial charge on any atom is 0.258 e. The van der Waals surface area contributed by atoms with Gasteiger partial charge in [0, 0.05) is 6.04 Å². The van der Waals surface area contributed by atoms with Gasteiger partial charge >= 0.3 is 0 Å². The number of carbonyl (C=O) groups excluding carboxylic acids is 1. The van der Waals surface area contributed by atoms with Crippen molar-refractivity contribution in [2.24, 2.45) is 5.10 Å². The molecule has 2 aromatic carbocycles. The molecule has 0 N–H and O–H groups in total. The van der Waals surface area contributed by atoms with Crippen molar-refractivity contribution in [2.45, 2.75) is 26.1 Å². The molecule has 142 valence electrons. The molecule has 2 aromatic rings. The largest absolute Gasteiger partial charge is 0.497 e. The zero-order valence-corrected chi connectivity index (χ0v) is 16.1. The second kappa shape index (κ2) is 8.22. The highest BCUT2D eigenvalue weighted by Gasteiger charge is 2.40. The van der Waals surface area contributed by atoms with Gasteiger partial charge in [-0.3, -0.25) is 9.69 Å². The van der Waals surface area contributed by atoms with Gasteiger partial charge in [-0.25, -0.2) is 5.01 Å². The Morgan fingerprint density at radius 1 is 1.07 bits per heavy atom. The maximum atomic E-state index is 12.7. The van der Waals surface area contributed by atoms with Crippen molar-refractivity contribution >= 4 is 12.1 Å². The summed E-state index contributed by atoms with van der Waals surface area (Å²) < 4.78 is 10.6. The van der Waals surface area contributed by atoms with E-state index < -0.39 is 0 Å². The van der Waals surface area contributed by atoms with Crippen molar-refractivity contribution in [3.8, 4) is 11.5 Å². The molecule has 27 heavy (non-hydrogen) atoms. The number of hydrazone groups is 1. The molecule has 1 saturated heterocycles. The van der Waals surface area contributed by atoms with E-state index >= 15 is 0 Å². The molecule has 1 aliphatic rings. The first kappa shape index (κ1) is 18.9. The fourth-order valence-electron chi connectivity index (χ4n) is 3.17. The smallest absolute Gasteiger partial charge is 0.258 e. The fourth-order valence-corrected chi connectivity index (χ4v) is 3.17. The lowest BCUT2D eigenvalue weighted by Crippen LogP contribution is -2.33. The summed E-state index contributed by atoms with van der Waals surface area (Å²) in [7, 11) is 3.26. The van der Waals surface area contributed by atoms with E-state index in [1.54, 1.807) is 25.4 Å². The monoisotopic (exact) mass is 367 g/mol. The van der Waals surface area contributed by atoms with Crippen molar-refractivity contribution < 1.29 is 14.3 Å². The zero-order chi connectivity index (χ0) is 19.4. The number of benzene rings is 2. The molecule has 6 nitrogen and oxygen atoms in total. The van der Waals surface area contributed by atoms with Crippen molar-refractivity contribution in [1.82, 2.24) is 9.91 Å². The lowest BCUT2D eigenvalue weighted by Gasteiger charge is -2.30. The number of hydrogen-bond donors (Lipinski definition) is 0. The average Bonchev–Trinajstić information content (AvgIpc) is 3.03. The van der Waals surface area contributed by atoms with Crippen molar-refractivity contribution in [2.75, 3.05) is 20.8 Å². The predicted molar refractivity (Wildman–Crippen MR) is 105 cm³/mol. The van der Waals surface area contributed by atoms with Gasteiger partial charge in [-0.05, 0) is 49.2 Å². The molecule has 0 radical (unpaired) electrons. The van der Waals surface area contributed by atoms with Crippen LogP contribution < -0.4 is 9.47 Å². The first-order valence-electron chi connectivity index (χ1n) is 8.93. The van der Waals surface area contributed by atoms with E-state index in [1.807, 2.05) is 48.5 Å². The minimum atomic E-state index is -0.269. The number of ether oxygens (including phenoxy) is 2. The van der Waals surface area contributed by atoms with E-state index in [4.69, 9.17) is 9.47 Å². The standard InChI is InChI=1S/C21H25N3O3/c1-15(2)23-14-20(25)24(21(23)17-8-6-10-19(12-17)27-4)22-13-16-7-5-9-18(11-16)26-3/h5-13,15,21H,14H2,1-4H3/b22-13-/t21-/m0/s1. The Labute approximate surface area is 160 Å². The van der Waals surface area contributed by atoms with Gasteiger partial charge in [0.2, 0.25) is 0 Å². The van der Waals surface area contributed by atoms with Gasteiger partial charge in [0.25, 0.3) is 5.91 Å². The van der Waals surface area contributed by atoms with Crippen LogP contribution in [-0.2, 0) is 4.79 Å². The van der Waals surface area contributed by atoms with Crippen LogP contribution in [-0.4, -0.2) is 48.8 Å². The number of hydrogen-bond acceptors (Lipinski definition) is 5. The highest BCUT2D eigenvalue weighted by atomic mass is 16.5. The SMILES string of the molecule is COc1cccc(/C=N\N2C(=O)CN(C(C)C)[C@@H]2c2cccc(OC)c2)c1. The predicted octanol–water partition coefficient (Wildman–Crippen LogP) is 3.29. The normalized spacial score (nSPS) is 17.9. The summed E-state index contributed by atoms with van der Waals surface area (Å²) in [6.45, 7) is 4.49. The van der Waals surface area contributed by atoms with Crippen LogP contribution in [0.2, 0.25) is 0 Å². The number of methoxy groups -OCH3 is 2. The Morgan fingerprint density at radius 3 is 2.41 bits per heavy atom. The van der Waals surface area contributed by atoms with Gasteiger partial charge in [0.1, 0.15) is 17.7 Å². The molecule has 0 aromatic heterocycles. The van der Waals surface area contributed by atoms with E-state index in [0.29, 0.717) is 6.54 Å². The van der Waals surface area contributed by atoms with Crippen LogP contribution >= 0.6 is 0 Å². The number of carbonyl (C=O) groups is 1. The second-order valence-electron chi connectivity index (χ2n) is 6.68. The van der Waals surface area contributed by atoms with E-state index in [0.717, 1.165) is 22.6 Å². The molecule has 0 unspecified atom stereocenters. The third kappa shape index (κ3) is 4.11. The summed E-state index contributed by atoms with van der Waals surface area (Å²) in [5, 5.41) is 6.07. The second-order valence-corrected chi connectivity index (χ2v) is 6.68. The quantitative estimate of drug-likeness (QED) is 0.735. The van der Waals surface area contributed by atoms with Gasteiger partial charge < -0.3 is 9.47 Å². The van der Waals surface area contributed by atoms with Crippen LogP contribution in [0.4, 0.5) is 0 Å². The lowest BCUT2D eigenvalue weighted by molar-refractivity contribution is -0.128. The van der Waals surface area contributed by atoms with Gasteiger partial charge in [-0.1, -0.05) is 24.3 Å². The zero-order valence-electron chi connectivity index (χ0n) is 16.1. The number of amides is 1. The van der Waals surface area contributed by atoms with Crippen LogP contribution in [0.15, 0.2) is 53.6 Å². The van der Waals surface area contributed by atoms with Crippen molar-refractivity contribution in [3.63, 3.8) is 0 Å². The number of rotatable bonds is 6. The Bertz CT molecular complexity index is 835. The van der Waals surface area contributed by atoms with E-state index in [1.165, 1.54) is 0 Å². The summed E-state index contributed by atoms with van der Waals surface area (Å²) in [6.07, 6.45) is 1.42. The summed E-state index contributed by atoms with van der Waals surface area (Å²) in [4.78, 5) is 14.8. The van der Waals surface area contributed by atoms with Crippen molar-refractivity contribution in [1.29, 1.82) is 0 Å². The molecule has 0 bridgehead atoms. The first-order chi connectivity index (χ1) is 13.0. The van der Waals surface area contributed by atoms with Crippen molar-refractivity contribution in [3.05, 3.63) is 59.7 Å². The topological polar surface area (TPSA) is 54.4 Å². The van der Waals surface area contributed by atoms with Crippen LogP contribution in [0.1, 0.15) is 31.1 Å². The molecule has 1 fully saturated rings. The molecule has 0 saturated carbocycles. The van der Waals surface area contributed by atoms with Gasteiger partial charge in [-0.15, -0.1) is 0 Å². The first-order valence-corrected chi connectivity index (χ1v) is 8.93. The minimum absolute atomic E-state index is 0.0318. The highest BCUT2D eigenvalue weighted by molar-refractivity contribution is 5.85. The Hall–Kier alpha value is -2.86. The maximum absolute atomic E-state index is 12.7. The molecule has 6 heteroatoms. The molecular formula is C21H25N3O3. The van der Waals surface area contributed by atoms with Gasteiger partial charge in [0.15, 0.2) is 0 Å². The number of nitrogens with zero attached hydrogens (tertiary/aromatic N) is 3. The minimum Gasteiger partial charge on any atom is -0.497 e. The molecule has 0 aliphatic carbocycles. The molecule has 1 aliphatic heterocycles. The third-order valence-corrected chi connectivity index (χ3v) is 4.60. The summed E-state index contributed by atoms with van der Waals surface area (Å²) in [6, 6.07) is 15.5. The lowest BCUT2D eigenvalue weighted by atomic mass is 10.1.